The van der Waals surface area contributed by atoms with Crippen LogP contribution in [0.5, 0.6) is 0 Å². The molecule has 0 amide bonds. The molecule has 0 aliphatic heterocycles. The van der Waals surface area contributed by atoms with E-state index in [4.69, 9.17) is 0 Å². The van der Waals surface area contributed by atoms with Crippen LogP contribution in [0, 0.1) is 5.92 Å². The Bertz CT molecular complexity index is 1320. The van der Waals surface area contributed by atoms with Gasteiger partial charge in [0, 0.05) is 0 Å². The van der Waals surface area contributed by atoms with E-state index in [1.807, 2.05) is 0 Å². The van der Waals surface area contributed by atoms with Crippen molar-refractivity contribution in [1.82, 2.24) is 0 Å². The molecule has 0 aliphatic rings. The fourth-order valence-corrected chi connectivity index (χ4v) is 10.1. The van der Waals surface area contributed by atoms with Crippen molar-refractivity contribution in [2.45, 2.75) is 20.3 Å². The Morgan fingerprint density at radius 2 is 0.811 bits per heavy atom. The van der Waals surface area contributed by atoms with Crippen molar-refractivity contribution in [3.63, 3.8) is 0 Å². The summed E-state index contributed by atoms with van der Waals surface area (Å²) in [5.74, 6) is 0.679. The van der Waals surface area contributed by atoms with Gasteiger partial charge in [0.15, 0.2) is 0 Å². The van der Waals surface area contributed by atoms with E-state index in [2.05, 4.69) is 166 Å². The molecule has 37 heavy (non-hydrogen) atoms. The molecule has 0 fully saturated rings. The SMILES string of the molecule is CC(C)Cc1ccc(C=Cc2ccc([PH](c3ccccc3)(c3ccccc3)c3ccccc3)cc2)cc1. The van der Waals surface area contributed by atoms with Crippen molar-refractivity contribution in [2.24, 2.45) is 5.92 Å². The second-order valence-electron chi connectivity index (χ2n) is 10.1. The fourth-order valence-electron chi connectivity index (χ4n) is 5.34. The molecule has 0 saturated carbocycles. The first-order valence-corrected chi connectivity index (χ1v) is 15.2. The third-order valence-electron chi connectivity index (χ3n) is 7.06. The van der Waals surface area contributed by atoms with Gasteiger partial charge in [-0.15, -0.1) is 0 Å². The predicted octanol–water partition coefficient (Wildman–Crippen LogP) is 7.41. The summed E-state index contributed by atoms with van der Waals surface area (Å²) in [7, 11) is -2.45. The Morgan fingerprint density at radius 1 is 0.459 bits per heavy atom. The molecule has 0 aromatic heterocycles. The molecular weight excluding hydrogens is 463 g/mol. The summed E-state index contributed by atoms with van der Waals surface area (Å²) < 4.78 is 0. The average molecular weight is 499 g/mol. The van der Waals surface area contributed by atoms with Crippen LogP contribution in [0.1, 0.15) is 30.5 Å². The molecule has 1 heteroatoms. The van der Waals surface area contributed by atoms with E-state index in [1.165, 1.54) is 37.9 Å². The molecule has 0 saturated heterocycles. The summed E-state index contributed by atoms with van der Waals surface area (Å²) >= 11 is 0. The van der Waals surface area contributed by atoms with E-state index in [0.717, 1.165) is 6.42 Å². The quantitative estimate of drug-likeness (QED) is 0.154. The molecule has 0 nitrogen and oxygen atoms in total. The Hall–Kier alpha value is -3.73. The van der Waals surface area contributed by atoms with E-state index >= 15 is 0 Å². The molecular formula is C36H35P. The monoisotopic (exact) mass is 498 g/mol. The summed E-state index contributed by atoms with van der Waals surface area (Å²) in [5.41, 5.74) is 3.85. The maximum atomic E-state index is 2.35. The zero-order valence-corrected chi connectivity index (χ0v) is 22.7. The first kappa shape index (κ1) is 24.9. The van der Waals surface area contributed by atoms with E-state index in [9.17, 15) is 0 Å². The van der Waals surface area contributed by atoms with Crippen molar-refractivity contribution in [3.8, 4) is 0 Å². The van der Waals surface area contributed by atoms with Gasteiger partial charge in [0.1, 0.15) is 0 Å². The van der Waals surface area contributed by atoms with Crippen LogP contribution in [-0.2, 0) is 6.42 Å². The molecule has 0 bridgehead atoms. The standard InChI is InChI=1S/C36H35P/c1-29(2)28-32-22-20-30(21-23-32)18-19-31-24-26-36(27-25-31)37(33-12-6-3-7-13-33,34-14-8-4-9-15-34)35-16-10-5-11-17-35/h3-27,29,37H,28H2,1-2H3. The van der Waals surface area contributed by atoms with Crippen LogP contribution in [0.4, 0.5) is 0 Å². The minimum absolute atomic E-state index is 0.679. The van der Waals surface area contributed by atoms with Gasteiger partial charge in [-0.2, -0.15) is 0 Å². The zero-order chi connectivity index (χ0) is 25.5. The molecule has 0 radical (unpaired) electrons. The number of rotatable bonds is 8. The van der Waals surface area contributed by atoms with Crippen LogP contribution in [0.2, 0.25) is 0 Å². The summed E-state index contributed by atoms with van der Waals surface area (Å²) in [6.07, 6.45) is 5.56. The minimum atomic E-state index is -2.45. The Morgan fingerprint density at radius 3 is 1.19 bits per heavy atom. The molecule has 5 aromatic rings. The second kappa shape index (κ2) is 11.5. The zero-order valence-electron chi connectivity index (χ0n) is 21.7. The van der Waals surface area contributed by atoms with Crippen LogP contribution >= 0.6 is 7.26 Å². The van der Waals surface area contributed by atoms with Gasteiger partial charge in [0.2, 0.25) is 0 Å². The summed E-state index contributed by atoms with van der Waals surface area (Å²) in [6.45, 7) is 4.53. The molecule has 5 aromatic carbocycles. The van der Waals surface area contributed by atoms with Gasteiger partial charge in [-0.05, 0) is 0 Å². The van der Waals surface area contributed by atoms with Gasteiger partial charge >= 0.3 is 209 Å². The molecule has 0 unspecified atom stereocenters. The van der Waals surface area contributed by atoms with Crippen LogP contribution < -0.4 is 21.2 Å². The van der Waals surface area contributed by atoms with Gasteiger partial charge in [-0.1, -0.05) is 13.8 Å². The van der Waals surface area contributed by atoms with Crippen LogP contribution in [0.25, 0.3) is 12.2 Å². The number of hydrogen-bond acceptors (Lipinski definition) is 0. The van der Waals surface area contributed by atoms with Crippen LogP contribution in [0.3, 0.4) is 0 Å². The summed E-state index contributed by atoms with van der Waals surface area (Å²) in [6, 6.07) is 51.4. The second-order valence-corrected chi connectivity index (χ2v) is 14.0. The first-order chi connectivity index (χ1) is 18.2. The molecule has 5 rings (SSSR count). The topological polar surface area (TPSA) is 0 Å². The van der Waals surface area contributed by atoms with Gasteiger partial charge in [-0.25, -0.2) is 0 Å². The van der Waals surface area contributed by atoms with Gasteiger partial charge in [0.05, 0.1) is 0 Å². The number of hydrogen-bond donors (Lipinski definition) is 0. The molecule has 0 N–H and O–H groups in total. The van der Waals surface area contributed by atoms with Gasteiger partial charge < -0.3 is 0 Å². The fraction of sp³-hybridized carbons (Fsp3) is 0.111. The first-order valence-electron chi connectivity index (χ1n) is 13.2. The molecule has 0 aliphatic carbocycles. The van der Waals surface area contributed by atoms with E-state index in [0.29, 0.717) is 5.92 Å². The molecule has 0 spiro atoms. The Kier molecular flexibility index (Phi) is 7.79. The average Bonchev–Trinajstić information content (AvgIpc) is 2.95. The van der Waals surface area contributed by atoms with E-state index < -0.39 is 7.26 Å². The number of benzene rings is 5. The Labute approximate surface area is 222 Å². The van der Waals surface area contributed by atoms with E-state index in [-0.39, 0.29) is 0 Å². The maximum absolute atomic E-state index is 2.45. The third-order valence-corrected chi connectivity index (χ3v) is 11.9. The summed E-state index contributed by atoms with van der Waals surface area (Å²) in [5, 5.41) is 5.60. The van der Waals surface area contributed by atoms with Crippen LogP contribution in [-0.4, -0.2) is 0 Å². The molecule has 0 heterocycles. The van der Waals surface area contributed by atoms with Gasteiger partial charge in [0.25, 0.3) is 0 Å². The molecule has 0 atom stereocenters. The normalized spacial score (nSPS) is 12.2. The Balaban J connectivity index is 1.55. The van der Waals surface area contributed by atoms with Gasteiger partial charge in [-0.3, -0.25) is 0 Å². The van der Waals surface area contributed by atoms with Crippen LogP contribution in [0.15, 0.2) is 140 Å². The van der Waals surface area contributed by atoms with Crippen molar-refractivity contribution >= 4 is 40.6 Å². The predicted molar refractivity (Wildman–Crippen MR) is 167 cm³/mol. The summed E-state index contributed by atoms with van der Waals surface area (Å²) in [4.78, 5) is 0. The third kappa shape index (κ3) is 5.51. The van der Waals surface area contributed by atoms with Crippen molar-refractivity contribution in [1.29, 1.82) is 0 Å². The van der Waals surface area contributed by atoms with E-state index in [1.54, 1.807) is 0 Å². The van der Waals surface area contributed by atoms with Crippen molar-refractivity contribution in [2.75, 3.05) is 0 Å². The van der Waals surface area contributed by atoms with Crippen molar-refractivity contribution in [3.05, 3.63) is 156 Å². The van der Waals surface area contributed by atoms with Crippen molar-refractivity contribution < 1.29 is 0 Å². The molecule has 184 valence electrons.